The molecule has 0 atom stereocenters. The van der Waals surface area contributed by atoms with Gasteiger partial charge in [-0.25, -0.2) is 0 Å². The summed E-state index contributed by atoms with van der Waals surface area (Å²) in [5.74, 6) is 0.739. The Morgan fingerprint density at radius 2 is 1.68 bits per heavy atom. The molecule has 4 nitrogen and oxygen atoms in total. The van der Waals surface area contributed by atoms with E-state index >= 15 is 0 Å². The molecule has 2 N–H and O–H groups in total. The SMILES string of the molecule is COc1ccccc1C1(C(=O)NCC2(O)Cc3ccccc3C2)CC1. The van der Waals surface area contributed by atoms with E-state index in [-0.39, 0.29) is 12.5 Å². The van der Waals surface area contributed by atoms with E-state index in [9.17, 15) is 9.90 Å². The molecule has 2 aliphatic carbocycles. The average molecular weight is 337 g/mol. The highest BCUT2D eigenvalue weighted by atomic mass is 16.5. The van der Waals surface area contributed by atoms with Crippen LogP contribution >= 0.6 is 0 Å². The average Bonchev–Trinajstić information content (AvgIpc) is 3.36. The van der Waals surface area contributed by atoms with Gasteiger partial charge in [-0.3, -0.25) is 4.79 Å². The van der Waals surface area contributed by atoms with E-state index in [1.807, 2.05) is 48.5 Å². The zero-order valence-electron chi connectivity index (χ0n) is 14.4. The van der Waals surface area contributed by atoms with Gasteiger partial charge in [-0.05, 0) is 30.0 Å². The number of carbonyl (C=O) groups excluding carboxylic acids is 1. The highest BCUT2D eigenvalue weighted by Gasteiger charge is 2.53. The lowest BCUT2D eigenvalue weighted by molar-refractivity contribution is -0.124. The Balaban J connectivity index is 1.46. The second kappa shape index (κ2) is 5.88. The molecule has 0 radical (unpaired) electrons. The first-order valence-electron chi connectivity index (χ1n) is 8.77. The number of carbonyl (C=O) groups is 1. The Kier molecular flexibility index (Phi) is 3.80. The third-order valence-corrected chi connectivity index (χ3v) is 5.54. The lowest BCUT2D eigenvalue weighted by Crippen LogP contribution is -2.46. The number of fused-ring (bicyclic) bond motifs is 1. The van der Waals surface area contributed by atoms with Crippen molar-refractivity contribution in [2.24, 2.45) is 0 Å². The van der Waals surface area contributed by atoms with E-state index in [0.717, 1.165) is 24.2 Å². The molecule has 0 heterocycles. The maximum absolute atomic E-state index is 12.9. The van der Waals surface area contributed by atoms with Crippen molar-refractivity contribution in [2.75, 3.05) is 13.7 Å². The lowest BCUT2D eigenvalue weighted by Gasteiger charge is -2.25. The number of para-hydroxylation sites is 1. The lowest BCUT2D eigenvalue weighted by atomic mass is 9.93. The number of ether oxygens (including phenoxy) is 1. The minimum Gasteiger partial charge on any atom is -0.496 e. The van der Waals surface area contributed by atoms with Crippen molar-refractivity contribution in [3.8, 4) is 5.75 Å². The van der Waals surface area contributed by atoms with Gasteiger partial charge in [0.05, 0.1) is 18.1 Å². The van der Waals surface area contributed by atoms with Crippen molar-refractivity contribution in [1.29, 1.82) is 0 Å². The Labute approximate surface area is 147 Å². The molecule has 0 spiro atoms. The summed E-state index contributed by atoms with van der Waals surface area (Å²) in [4.78, 5) is 12.9. The zero-order chi connectivity index (χ0) is 17.5. The molecule has 4 rings (SSSR count). The van der Waals surface area contributed by atoms with Crippen LogP contribution < -0.4 is 10.1 Å². The number of amides is 1. The normalized spacial score (nSPS) is 19.1. The molecule has 2 aromatic rings. The molecule has 0 aromatic heterocycles. The fourth-order valence-electron chi connectivity index (χ4n) is 4.00. The maximum Gasteiger partial charge on any atom is 0.230 e. The summed E-state index contributed by atoms with van der Waals surface area (Å²) in [5.41, 5.74) is 1.89. The van der Waals surface area contributed by atoms with Crippen molar-refractivity contribution in [3.05, 3.63) is 65.2 Å². The predicted molar refractivity (Wildman–Crippen MR) is 95.7 cm³/mol. The van der Waals surface area contributed by atoms with Crippen LogP contribution in [-0.2, 0) is 23.1 Å². The summed E-state index contributed by atoms with van der Waals surface area (Å²) >= 11 is 0. The van der Waals surface area contributed by atoms with Crippen molar-refractivity contribution in [3.63, 3.8) is 0 Å². The fourth-order valence-corrected chi connectivity index (χ4v) is 4.00. The van der Waals surface area contributed by atoms with Crippen LogP contribution in [0.4, 0.5) is 0 Å². The van der Waals surface area contributed by atoms with Crippen LogP contribution in [0.5, 0.6) is 5.75 Å². The van der Waals surface area contributed by atoms with Crippen molar-refractivity contribution in [2.45, 2.75) is 36.7 Å². The van der Waals surface area contributed by atoms with Gasteiger partial charge < -0.3 is 15.2 Å². The first kappa shape index (κ1) is 16.2. The molecule has 0 saturated heterocycles. The molecule has 4 heteroatoms. The third kappa shape index (κ3) is 2.81. The summed E-state index contributed by atoms with van der Waals surface area (Å²) in [6.45, 7) is 0.275. The third-order valence-electron chi connectivity index (χ3n) is 5.54. The Morgan fingerprint density at radius 3 is 2.28 bits per heavy atom. The first-order chi connectivity index (χ1) is 12.1. The molecule has 0 aliphatic heterocycles. The van der Waals surface area contributed by atoms with Gasteiger partial charge >= 0.3 is 0 Å². The number of rotatable bonds is 5. The smallest absolute Gasteiger partial charge is 0.230 e. The second-order valence-corrected chi connectivity index (χ2v) is 7.31. The Hall–Kier alpha value is -2.33. The van der Waals surface area contributed by atoms with Crippen LogP contribution in [-0.4, -0.2) is 30.3 Å². The molecular formula is C21H23NO3. The predicted octanol–water partition coefficient (Wildman–Crippen LogP) is 2.37. The summed E-state index contributed by atoms with van der Waals surface area (Å²) in [5, 5.41) is 13.9. The molecular weight excluding hydrogens is 314 g/mol. The highest BCUT2D eigenvalue weighted by molar-refractivity contribution is 5.92. The summed E-state index contributed by atoms with van der Waals surface area (Å²) in [6.07, 6.45) is 2.81. The van der Waals surface area contributed by atoms with Crippen molar-refractivity contribution in [1.82, 2.24) is 5.32 Å². The van der Waals surface area contributed by atoms with E-state index < -0.39 is 11.0 Å². The number of nitrogens with one attached hydrogen (secondary N) is 1. The van der Waals surface area contributed by atoms with Crippen LogP contribution in [0.2, 0.25) is 0 Å². The first-order valence-corrected chi connectivity index (χ1v) is 8.77. The minimum absolute atomic E-state index is 0.0126. The Morgan fingerprint density at radius 1 is 1.08 bits per heavy atom. The van der Waals surface area contributed by atoms with Crippen LogP contribution in [0.3, 0.4) is 0 Å². The van der Waals surface area contributed by atoms with Crippen LogP contribution in [0.1, 0.15) is 29.5 Å². The minimum atomic E-state index is -0.893. The number of methoxy groups -OCH3 is 1. The molecule has 130 valence electrons. The highest BCUT2D eigenvalue weighted by Crippen LogP contribution is 2.51. The zero-order valence-corrected chi connectivity index (χ0v) is 14.4. The van der Waals surface area contributed by atoms with Gasteiger partial charge in [0.1, 0.15) is 5.75 Å². The molecule has 1 amide bonds. The molecule has 25 heavy (non-hydrogen) atoms. The molecule has 2 aromatic carbocycles. The monoisotopic (exact) mass is 337 g/mol. The summed E-state index contributed by atoms with van der Waals surface area (Å²) in [6, 6.07) is 15.8. The van der Waals surface area contributed by atoms with Crippen LogP contribution in [0, 0.1) is 0 Å². The van der Waals surface area contributed by atoms with Gasteiger partial charge in [0.2, 0.25) is 5.91 Å². The topological polar surface area (TPSA) is 58.6 Å². The maximum atomic E-state index is 12.9. The molecule has 1 saturated carbocycles. The standard InChI is InChI=1S/C21H23NO3/c1-25-18-9-5-4-8-17(18)21(10-11-21)19(23)22-14-20(24)12-15-6-2-3-7-16(15)13-20/h2-9,24H,10-14H2,1H3,(H,22,23). The van der Waals surface area contributed by atoms with E-state index in [1.54, 1.807) is 7.11 Å². The van der Waals surface area contributed by atoms with Gasteiger partial charge in [-0.15, -0.1) is 0 Å². The molecule has 0 bridgehead atoms. The van der Waals surface area contributed by atoms with Gasteiger partial charge in [0.15, 0.2) is 0 Å². The van der Waals surface area contributed by atoms with Gasteiger partial charge in [-0.1, -0.05) is 42.5 Å². The summed E-state index contributed by atoms with van der Waals surface area (Å²) in [7, 11) is 1.63. The largest absolute Gasteiger partial charge is 0.496 e. The molecule has 1 fully saturated rings. The van der Waals surface area contributed by atoms with Gasteiger partial charge in [0.25, 0.3) is 0 Å². The van der Waals surface area contributed by atoms with E-state index in [4.69, 9.17) is 4.74 Å². The van der Waals surface area contributed by atoms with Gasteiger partial charge in [-0.2, -0.15) is 0 Å². The Bertz CT molecular complexity index is 785. The van der Waals surface area contributed by atoms with E-state index in [0.29, 0.717) is 12.8 Å². The van der Waals surface area contributed by atoms with Crippen molar-refractivity contribution >= 4 is 5.91 Å². The second-order valence-electron chi connectivity index (χ2n) is 7.31. The molecule has 2 aliphatic rings. The van der Waals surface area contributed by atoms with Crippen LogP contribution in [0.25, 0.3) is 0 Å². The fraction of sp³-hybridized carbons (Fsp3) is 0.381. The number of hydrogen-bond donors (Lipinski definition) is 2. The van der Waals surface area contributed by atoms with E-state index in [2.05, 4.69) is 5.32 Å². The van der Waals surface area contributed by atoms with E-state index in [1.165, 1.54) is 11.1 Å². The quantitative estimate of drug-likeness (QED) is 0.881. The number of hydrogen-bond acceptors (Lipinski definition) is 3. The van der Waals surface area contributed by atoms with Crippen LogP contribution in [0.15, 0.2) is 48.5 Å². The van der Waals surface area contributed by atoms with Gasteiger partial charge in [0, 0.05) is 24.9 Å². The number of aliphatic hydroxyl groups is 1. The molecule has 0 unspecified atom stereocenters. The summed E-state index contributed by atoms with van der Waals surface area (Å²) < 4.78 is 5.43. The van der Waals surface area contributed by atoms with Crippen molar-refractivity contribution < 1.29 is 14.6 Å². The number of benzene rings is 2.